The van der Waals surface area contributed by atoms with Crippen LogP contribution in [0.3, 0.4) is 0 Å². The van der Waals surface area contributed by atoms with Gasteiger partial charge in [0, 0.05) is 117 Å². The van der Waals surface area contributed by atoms with Crippen molar-refractivity contribution in [1.82, 2.24) is 25.9 Å². The Morgan fingerprint density at radius 1 is 0.677 bits per heavy atom. The second-order valence-electron chi connectivity index (χ2n) is 9.54. The molecule has 1 aromatic heterocycles. The first-order chi connectivity index (χ1) is 23.0. The number of hydrogen-bond donors (Lipinski definition) is 8. The molecule has 0 saturated heterocycles. The van der Waals surface area contributed by atoms with Crippen molar-refractivity contribution in [3.8, 4) is 0 Å². The Kier molecular flexibility index (Phi) is 122. The molecule has 0 aliphatic heterocycles. The first kappa shape index (κ1) is 114. The van der Waals surface area contributed by atoms with Crippen LogP contribution in [0.15, 0.2) is 4.42 Å². The quantitative estimate of drug-likeness (QED) is 0.0445. The summed E-state index contributed by atoms with van der Waals surface area (Å²) in [6.45, 7) is 0. The average molecular weight is 1360 g/mol. The van der Waals surface area contributed by atoms with Crippen molar-refractivity contribution in [3.05, 3.63) is 5.89 Å². The number of rotatable bonds is 17. The fraction of sp³-hybridized carbons (Fsp3) is 0.833. The van der Waals surface area contributed by atoms with Crippen LogP contribution in [-0.4, -0.2) is 157 Å². The summed E-state index contributed by atoms with van der Waals surface area (Å²) in [5, 5.41) is 39.9. The number of nitrogens with zero attached hydrogens (tertiary/aromatic N) is 4. The van der Waals surface area contributed by atoms with Gasteiger partial charge >= 0.3 is 68.2 Å². The van der Waals surface area contributed by atoms with Crippen LogP contribution in [0.5, 0.6) is 0 Å². The van der Waals surface area contributed by atoms with Crippen molar-refractivity contribution in [2.45, 2.75) is 133 Å². The molecule has 20 nitrogen and oxygen atoms in total. The topological polar surface area (TPSA) is 279 Å². The molecule has 1 heterocycles. The minimum absolute atomic E-state index is 0. The van der Waals surface area contributed by atoms with Gasteiger partial charge in [-0.25, -0.2) is 0 Å². The number of hydrogen-bond acceptors (Lipinski definition) is 17. The Labute approximate surface area is 428 Å². The van der Waals surface area contributed by atoms with Gasteiger partial charge in [-0.15, -0.1) is 5.10 Å². The monoisotopic (exact) mass is 1360 g/mol. The van der Waals surface area contributed by atoms with E-state index in [9.17, 15) is 24.0 Å². The summed E-state index contributed by atoms with van der Waals surface area (Å²) in [5.41, 5.74) is 4.87. The number of thiocarbonyl (C=S) groups is 1. The molecule has 1 amide bonds. The van der Waals surface area contributed by atoms with Crippen LogP contribution >= 0.6 is 20.8 Å². The molecule has 382 valence electrons. The van der Waals surface area contributed by atoms with E-state index in [0.29, 0.717) is 36.5 Å². The third-order valence-corrected chi connectivity index (χ3v) is 10.8. The van der Waals surface area contributed by atoms with Gasteiger partial charge in [0.1, 0.15) is 0 Å². The van der Waals surface area contributed by atoms with Gasteiger partial charge in [-0.2, -0.15) is 0 Å². The Hall–Kier alpha value is -0.756. The molecule has 0 radical (unpaired) electrons. The molecule has 0 bridgehead atoms. The van der Waals surface area contributed by atoms with Gasteiger partial charge < -0.3 is 61.9 Å². The summed E-state index contributed by atoms with van der Waals surface area (Å²) in [4.78, 5) is 57.1. The summed E-state index contributed by atoms with van der Waals surface area (Å²) < 4.78 is 25.2. The molecule has 62 heavy (non-hydrogen) atoms. The number of aliphatic hydroxyl groups excluding tert-OH is 2. The molecule has 26 heteroatoms. The van der Waals surface area contributed by atoms with Crippen molar-refractivity contribution in [3.63, 3.8) is 0 Å². The SMILES string of the molecule is C.C.C.C.C.C.C.C.C.C.C.C.CO.CO.CO[Si](O)(CCC(CC(=O)O)C(=O)NNC(=S)N(C)C)OC.CO[Si](O)(CCC(CC(=O)O)c1nnc(N(C)C)o1)OC.[Hg].[S]=[Hg]. The van der Waals surface area contributed by atoms with E-state index in [2.05, 4.69) is 29.6 Å². The number of anilines is 1. The average Bonchev–Trinajstić information content (AvgIpc) is 3.60. The Bertz CT molecular complexity index is 1080. The van der Waals surface area contributed by atoms with Gasteiger partial charge in [0.25, 0.3) is 0 Å². The minimum atomic E-state index is -3.35. The molecule has 0 fully saturated rings. The van der Waals surface area contributed by atoms with Crippen LogP contribution in [0.2, 0.25) is 12.1 Å². The van der Waals surface area contributed by atoms with Crippen LogP contribution in [0, 0.1) is 5.92 Å². The fourth-order valence-corrected chi connectivity index (χ4v) is 5.88. The Balaban J connectivity index is -0.0000000326. The summed E-state index contributed by atoms with van der Waals surface area (Å²) in [6, 6.07) is 0.576. The number of carboxylic acid groups (broad SMARTS) is 2. The maximum absolute atomic E-state index is 12.0. The number of carbonyl (C=O) groups excluding carboxylic acids is 1. The number of amides is 1. The van der Waals surface area contributed by atoms with E-state index in [1.54, 1.807) is 38.0 Å². The molecule has 1 rings (SSSR count). The molecule has 1 aromatic rings. The molecule has 0 aliphatic rings. The summed E-state index contributed by atoms with van der Waals surface area (Å²) in [6.07, 6.45) is -0.127. The van der Waals surface area contributed by atoms with E-state index in [4.69, 9.17) is 54.8 Å². The number of aliphatic carboxylic acids is 2. The van der Waals surface area contributed by atoms with E-state index < -0.39 is 47.3 Å². The van der Waals surface area contributed by atoms with E-state index in [1.165, 1.54) is 28.4 Å². The zero-order chi connectivity index (χ0) is 39.4. The van der Waals surface area contributed by atoms with Crippen molar-refractivity contribution in [2.75, 3.05) is 75.7 Å². The van der Waals surface area contributed by atoms with Crippen molar-refractivity contribution in [1.29, 1.82) is 0 Å². The number of hydrazine groups is 1. The number of aliphatic hydroxyl groups is 2. The Morgan fingerprint density at radius 2 is 1.02 bits per heavy atom. The van der Waals surface area contributed by atoms with E-state index >= 15 is 0 Å². The number of carboxylic acids is 2. The molecule has 0 saturated carbocycles. The van der Waals surface area contributed by atoms with Crippen LogP contribution < -0.4 is 15.8 Å². The summed E-state index contributed by atoms with van der Waals surface area (Å²) in [5.74, 6) is -3.76. The standard InChI is InChI=1S/C11H23N3O6SSi.C11H21N3O6Si.2CH4O.12CH4.2Hg.S/c1-14(2)11(21)13-12-10(17)8(7-9(15)16)5-6-22(18,19-3)20-4;1-14(2)11-13-12-10(20-11)8(7-9(15)16)5-6-21(17,18-3)19-4;2*1-2;;;;;;;;;;;;;;;/h8,18H,5-7H2,1-4H3,(H,12,17)(H,13,21)(H,15,16);8,17H,5-7H2,1-4H3,(H,15,16);2*2H,1H3;12*1H4;;;. The van der Waals surface area contributed by atoms with Gasteiger partial charge in [-0.1, -0.05) is 94.2 Å². The molecular formula is C36H100Hg2N6O14S2Si2. The molecule has 0 aromatic carbocycles. The van der Waals surface area contributed by atoms with Crippen LogP contribution in [0.25, 0.3) is 0 Å². The predicted octanol–water partition coefficient (Wildman–Crippen LogP) is 6.96. The van der Waals surface area contributed by atoms with E-state index in [-0.39, 0.29) is 159 Å². The first-order valence-electron chi connectivity index (χ1n) is 14.0. The second kappa shape index (κ2) is 66.8. The van der Waals surface area contributed by atoms with Crippen LogP contribution in [0.4, 0.5) is 6.01 Å². The van der Waals surface area contributed by atoms with Crippen LogP contribution in [0.1, 0.15) is 127 Å². The van der Waals surface area contributed by atoms with Crippen molar-refractivity contribution < 1.29 is 118 Å². The van der Waals surface area contributed by atoms with Gasteiger partial charge in [-0.05, 0) is 25.1 Å². The molecule has 2 atom stereocenters. The molecule has 8 N–H and O–H groups in total. The van der Waals surface area contributed by atoms with E-state index in [0.717, 1.165) is 14.2 Å². The Morgan fingerprint density at radius 3 is 1.29 bits per heavy atom. The van der Waals surface area contributed by atoms with Gasteiger partial charge in [0.2, 0.25) is 11.8 Å². The van der Waals surface area contributed by atoms with Gasteiger partial charge in [-0.3, -0.25) is 25.2 Å². The molecule has 0 spiro atoms. The van der Waals surface area contributed by atoms with Gasteiger partial charge in [0.05, 0.1) is 18.8 Å². The summed E-state index contributed by atoms with van der Waals surface area (Å²) in [7, 11) is 11.9. The fourth-order valence-electron chi connectivity index (χ4n) is 3.25. The van der Waals surface area contributed by atoms with Crippen molar-refractivity contribution in [2.24, 2.45) is 5.92 Å². The number of carbonyl (C=O) groups is 3. The maximum atomic E-state index is 12.0. The normalized spacial score (nSPS) is 9.16. The summed E-state index contributed by atoms with van der Waals surface area (Å²) >= 11 is 5.55. The number of nitrogens with one attached hydrogen (secondary N) is 2. The molecule has 0 aliphatic carbocycles. The zero-order valence-electron chi connectivity index (χ0n) is 30.4. The third-order valence-electron chi connectivity index (χ3n) is 5.97. The van der Waals surface area contributed by atoms with Gasteiger partial charge in [0.15, 0.2) is 5.11 Å². The third kappa shape index (κ3) is 53.6. The van der Waals surface area contributed by atoms with Crippen LogP contribution in [-0.2, 0) is 83.8 Å². The van der Waals surface area contributed by atoms with E-state index in [1.807, 2.05) is 0 Å². The second-order valence-corrected chi connectivity index (χ2v) is 15.4. The molecular weight excluding hydrogens is 1260 g/mol. The first-order valence-corrected chi connectivity index (χ1v) is 25.7. The molecule has 2 unspecified atom stereocenters. The zero-order valence-corrected chi connectivity index (χ0v) is 45.0. The predicted molar refractivity (Wildman–Crippen MR) is 264 cm³/mol. The van der Waals surface area contributed by atoms with Crippen molar-refractivity contribution >= 4 is 67.4 Å². The number of aromatic nitrogens is 2.